The minimum absolute atomic E-state index is 0.235. The number of aromatic nitrogens is 2. The molecule has 0 bridgehead atoms. The third kappa shape index (κ3) is 3.88. The van der Waals surface area contributed by atoms with Gasteiger partial charge in [0.15, 0.2) is 0 Å². The summed E-state index contributed by atoms with van der Waals surface area (Å²) in [5.74, 6) is 0.367. The van der Waals surface area contributed by atoms with Gasteiger partial charge in [-0.25, -0.2) is 17.8 Å². The van der Waals surface area contributed by atoms with Crippen LogP contribution in [0.4, 0.5) is 10.2 Å². The van der Waals surface area contributed by atoms with Crippen LogP contribution in [-0.4, -0.2) is 42.3 Å². The summed E-state index contributed by atoms with van der Waals surface area (Å²) in [5, 5.41) is 4.21. The second-order valence-electron chi connectivity index (χ2n) is 7.02. The molecule has 6 nitrogen and oxygen atoms in total. The molecule has 1 aromatic carbocycles. The molecule has 2 aromatic heterocycles. The van der Waals surface area contributed by atoms with Crippen molar-refractivity contribution in [1.82, 2.24) is 14.3 Å². The zero-order valence-corrected chi connectivity index (χ0v) is 16.3. The zero-order valence-electron chi connectivity index (χ0n) is 15.5. The molecule has 8 heteroatoms. The van der Waals surface area contributed by atoms with Gasteiger partial charge in [-0.3, -0.25) is 0 Å². The van der Waals surface area contributed by atoms with Gasteiger partial charge in [0.25, 0.3) is 0 Å². The van der Waals surface area contributed by atoms with E-state index in [1.807, 2.05) is 6.20 Å². The van der Waals surface area contributed by atoms with Crippen molar-refractivity contribution in [2.75, 3.05) is 25.0 Å². The Bertz CT molecular complexity index is 1060. The molecule has 4 rings (SSSR count). The number of sulfonamides is 1. The molecule has 1 aliphatic rings. The molecule has 0 radical (unpaired) electrons. The molecule has 3 heterocycles. The van der Waals surface area contributed by atoms with E-state index < -0.39 is 10.0 Å². The van der Waals surface area contributed by atoms with Crippen LogP contribution in [-0.2, 0) is 16.4 Å². The van der Waals surface area contributed by atoms with Crippen molar-refractivity contribution in [3.05, 3.63) is 54.1 Å². The third-order valence-electron chi connectivity index (χ3n) is 5.12. The molecule has 0 amide bonds. The molecule has 2 N–H and O–H groups in total. The lowest BCUT2D eigenvalue weighted by Gasteiger charge is -2.25. The highest BCUT2D eigenvalue weighted by atomic mass is 32.2. The van der Waals surface area contributed by atoms with Gasteiger partial charge < -0.3 is 10.3 Å². The molecule has 1 saturated heterocycles. The summed E-state index contributed by atoms with van der Waals surface area (Å²) in [7, 11) is -3.45. The number of nitrogens with zero attached hydrogens (tertiary/aromatic N) is 2. The molecule has 28 heavy (non-hydrogen) atoms. The Labute approximate surface area is 163 Å². The number of aromatic amines is 1. The number of benzene rings is 1. The van der Waals surface area contributed by atoms with E-state index in [1.54, 1.807) is 22.5 Å². The van der Waals surface area contributed by atoms with Crippen LogP contribution >= 0.6 is 0 Å². The van der Waals surface area contributed by atoms with E-state index in [4.69, 9.17) is 0 Å². The monoisotopic (exact) mass is 402 g/mol. The van der Waals surface area contributed by atoms with Crippen LogP contribution in [0.2, 0.25) is 0 Å². The number of pyridine rings is 1. The van der Waals surface area contributed by atoms with Crippen molar-refractivity contribution in [3.63, 3.8) is 0 Å². The third-order valence-corrected chi connectivity index (χ3v) is 7.00. The highest BCUT2D eigenvalue weighted by molar-refractivity contribution is 7.89. The van der Waals surface area contributed by atoms with E-state index in [1.165, 1.54) is 18.3 Å². The topological polar surface area (TPSA) is 78.1 Å². The van der Waals surface area contributed by atoms with E-state index in [0.717, 1.165) is 42.1 Å². The lowest BCUT2D eigenvalue weighted by Crippen LogP contribution is -2.35. The summed E-state index contributed by atoms with van der Waals surface area (Å²) < 4.78 is 40.1. The number of piperidine rings is 1. The van der Waals surface area contributed by atoms with E-state index >= 15 is 0 Å². The Morgan fingerprint density at radius 2 is 1.96 bits per heavy atom. The van der Waals surface area contributed by atoms with Crippen LogP contribution in [0.15, 0.2) is 47.6 Å². The van der Waals surface area contributed by atoms with E-state index in [2.05, 4.69) is 15.3 Å². The number of anilines is 1. The number of fused-ring (bicyclic) bond motifs is 1. The summed E-state index contributed by atoms with van der Waals surface area (Å²) in [5.41, 5.74) is 1.87. The van der Waals surface area contributed by atoms with Crippen molar-refractivity contribution in [3.8, 4) is 0 Å². The Balaban J connectivity index is 1.38. The average Bonchev–Trinajstić information content (AvgIpc) is 3.11. The molecule has 148 valence electrons. The zero-order chi connectivity index (χ0) is 19.6. The molecule has 0 unspecified atom stereocenters. The second kappa shape index (κ2) is 7.89. The minimum atomic E-state index is -3.45. The molecule has 0 saturated carbocycles. The SMILES string of the molecule is O=S(=O)(c1ccc(NCCc2c[nH]c3cc(F)ccc23)nc1)N1CCCCC1. The first kappa shape index (κ1) is 18.9. The number of rotatable bonds is 6. The largest absolute Gasteiger partial charge is 0.370 e. The Hall–Kier alpha value is -2.45. The maximum Gasteiger partial charge on any atom is 0.244 e. The van der Waals surface area contributed by atoms with Crippen LogP contribution in [0.1, 0.15) is 24.8 Å². The minimum Gasteiger partial charge on any atom is -0.370 e. The van der Waals surface area contributed by atoms with Crippen LogP contribution in [0.5, 0.6) is 0 Å². The normalized spacial score (nSPS) is 15.8. The van der Waals surface area contributed by atoms with Crippen molar-refractivity contribution >= 4 is 26.7 Å². The summed E-state index contributed by atoms with van der Waals surface area (Å²) in [6.45, 7) is 1.79. The van der Waals surface area contributed by atoms with E-state index in [0.29, 0.717) is 25.5 Å². The molecule has 0 aliphatic carbocycles. The maximum atomic E-state index is 13.3. The van der Waals surface area contributed by atoms with Gasteiger partial charge in [-0.2, -0.15) is 4.31 Å². The van der Waals surface area contributed by atoms with Gasteiger partial charge in [-0.1, -0.05) is 6.42 Å². The Kier molecular flexibility index (Phi) is 5.32. The highest BCUT2D eigenvalue weighted by Crippen LogP contribution is 2.22. The van der Waals surface area contributed by atoms with Gasteiger partial charge >= 0.3 is 0 Å². The molecule has 1 aliphatic heterocycles. The van der Waals surface area contributed by atoms with E-state index in [9.17, 15) is 12.8 Å². The Morgan fingerprint density at radius 3 is 2.71 bits per heavy atom. The quantitative estimate of drug-likeness (QED) is 0.661. The first-order chi connectivity index (χ1) is 13.5. The fourth-order valence-corrected chi connectivity index (χ4v) is 5.05. The van der Waals surface area contributed by atoms with Gasteiger partial charge in [0, 0.05) is 42.9 Å². The summed E-state index contributed by atoms with van der Waals surface area (Å²) >= 11 is 0. The number of H-pyrrole nitrogens is 1. The molecular formula is C20H23FN4O2S. The average molecular weight is 402 g/mol. The van der Waals surface area contributed by atoms with E-state index in [-0.39, 0.29) is 10.7 Å². The predicted octanol–water partition coefficient (Wildman–Crippen LogP) is 3.53. The summed E-state index contributed by atoms with van der Waals surface area (Å²) in [6, 6.07) is 8.01. The molecular weight excluding hydrogens is 379 g/mol. The van der Waals surface area contributed by atoms with Crippen LogP contribution in [0.3, 0.4) is 0 Å². The van der Waals surface area contributed by atoms with Crippen molar-refractivity contribution in [1.29, 1.82) is 0 Å². The smallest absolute Gasteiger partial charge is 0.244 e. The summed E-state index contributed by atoms with van der Waals surface area (Å²) in [6.07, 6.45) is 6.94. The standard InChI is InChI=1S/C20H23FN4O2S/c21-16-4-6-18-15(13-23-19(18)12-16)8-9-22-20-7-5-17(14-24-20)28(26,27)25-10-2-1-3-11-25/h4-7,12-14,23H,1-3,8-11H2,(H,22,24). The Morgan fingerprint density at radius 1 is 1.14 bits per heavy atom. The number of hydrogen-bond acceptors (Lipinski definition) is 4. The molecule has 0 spiro atoms. The van der Waals surface area contributed by atoms with Gasteiger partial charge in [-0.15, -0.1) is 0 Å². The van der Waals surface area contributed by atoms with Crippen molar-refractivity contribution in [2.45, 2.75) is 30.6 Å². The van der Waals surface area contributed by atoms with Gasteiger partial charge in [0.1, 0.15) is 16.5 Å². The summed E-state index contributed by atoms with van der Waals surface area (Å²) in [4.78, 5) is 7.57. The van der Waals surface area contributed by atoms with Crippen LogP contribution in [0, 0.1) is 5.82 Å². The number of halogens is 1. The fourth-order valence-electron chi connectivity index (χ4n) is 3.58. The highest BCUT2D eigenvalue weighted by Gasteiger charge is 2.26. The number of nitrogens with one attached hydrogen (secondary N) is 2. The van der Waals surface area contributed by atoms with Gasteiger partial charge in [0.2, 0.25) is 10.0 Å². The molecule has 1 fully saturated rings. The van der Waals surface area contributed by atoms with Gasteiger partial charge in [0.05, 0.1) is 0 Å². The first-order valence-corrected chi connectivity index (χ1v) is 10.9. The lowest BCUT2D eigenvalue weighted by atomic mass is 10.1. The lowest BCUT2D eigenvalue weighted by molar-refractivity contribution is 0.346. The van der Waals surface area contributed by atoms with Crippen LogP contribution in [0.25, 0.3) is 10.9 Å². The van der Waals surface area contributed by atoms with Crippen molar-refractivity contribution < 1.29 is 12.8 Å². The predicted molar refractivity (Wildman–Crippen MR) is 107 cm³/mol. The fraction of sp³-hybridized carbons (Fsp3) is 0.350. The molecule has 3 aromatic rings. The van der Waals surface area contributed by atoms with Gasteiger partial charge in [-0.05, 0) is 55.2 Å². The first-order valence-electron chi connectivity index (χ1n) is 9.50. The van der Waals surface area contributed by atoms with Crippen molar-refractivity contribution in [2.24, 2.45) is 0 Å². The number of hydrogen-bond donors (Lipinski definition) is 2. The van der Waals surface area contributed by atoms with Crippen LogP contribution < -0.4 is 5.32 Å². The second-order valence-corrected chi connectivity index (χ2v) is 8.96. The maximum absolute atomic E-state index is 13.3. The molecule has 0 atom stereocenters.